The van der Waals surface area contributed by atoms with Gasteiger partial charge in [-0.05, 0) is 0 Å². The standard InChI is InChI=1S/C8H10O3S4/c1(3-5(10-3)7-12-13-7)9-2-4-6(11-4)8-14-15-8/h3-8H,1-2H2. The zero-order chi connectivity index (χ0) is 9.83. The predicted molar refractivity (Wildman–Crippen MR) is 66.1 cm³/mol. The molecule has 0 N–H and O–H groups in total. The molecule has 4 rings (SSSR count). The Morgan fingerprint density at radius 3 is 1.67 bits per heavy atom. The summed E-state index contributed by atoms with van der Waals surface area (Å²) in [5.41, 5.74) is 0. The minimum Gasteiger partial charge on any atom is -0.376 e. The van der Waals surface area contributed by atoms with Crippen LogP contribution in [-0.2, 0) is 14.2 Å². The molecule has 3 nitrogen and oxygen atoms in total. The molecule has 84 valence electrons. The molecule has 0 bridgehead atoms. The van der Waals surface area contributed by atoms with Crippen LogP contribution in [0.4, 0.5) is 0 Å². The number of ether oxygens (including phenoxy) is 3. The van der Waals surface area contributed by atoms with Gasteiger partial charge in [0.15, 0.2) is 0 Å². The molecule has 4 saturated heterocycles. The van der Waals surface area contributed by atoms with Gasteiger partial charge in [0.1, 0.15) is 24.4 Å². The molecular weight excluding hydrogens is 272 g/mol. The highest BCUT2D eigenvalue weighted by Crippen LogP contribution is 2.60. The second-order valence-electron chi connectivity index (χ2n) is 3.94. The van der Waals surface area contributed by atoms with E-state index in [0.717, 1.165) is 13.2 Å². The Morgan fingerprint density at radius 1 is 0.800 bits per heavy atom. The van der Waals surface area contributed by atoms with E-state index in [1.165, 1.54) is 0 Å². The summed E-state index contributed by atoms with van der Waals surface area (Å²) in [6.07, 6.45) is 1.65. The molecule has 4 atom stereocenters. The molecule has 0 amide bonds. The summed E-state index contributed by atoms with van der Waals surface area (Å²) in [4.78, 5) is 0. The molecule has 15 heavy (non-hydrogen) atoms. The lowest BCUT2D eigenvalue weighted by atomic mass is 10.3. The topological polar surface area (TPSA) is 34.3 Å². The first-order chi connectivity index (χ1) is 7.42. The van der Waals surface area contributed by atoms with Gasteiger partial charge in [0.05, 0.1) is 22.4 Å². The number of hydrogen-bond acceptors (Lipinski definition) is 7. The maximum atomic E-state index is 5.61. The van der Waals surface area contributed by atoms with E-state index in [0.29, 0.717) is 33.6 Å². The van der Waals surface area contributed by atoms with Crippen LogP contribution in [0.15, 0.2) is 0 Å². The Hall–Kier alpha value is 1.28. The third-order valence-electron chi connectivity index (χ3n) is 2.76. The van der Waals surface area contributed by atoms with Crippen LogP contribution in [0.3, 0.4) is 0 Å². The van der Waals surface area contributed by atoms with Gasteiger partial charge in [-0.3, -0.25) is 0 Å². The van der Waals surface area contributed by atoms with Crippen molar-refractivity contribution in [2.45, 2.75) is 33.6 Å². The maximum Gasteiger partial charge on any atom is 0.110 e. The van der Waals surface area contributed by atoms with Crippen molar-refractivity contribution in [3.05, 3.63) is 0 Å². The van der Waals surface area contributed by atoms with Gasteiger partial charge in [-0.2, -0.15) is 0 Å². The van der Waals surface area contributed by atoms with Crippen LogP contribution in [-0.4, -0.2) is 46.8 Å². The summed E-state index contributed by atoms with van der Waals surface area (Å²) in [6, 6.07) is 0. The van der Waals surface area contributed by atoms with Crippen LogP contribution >= 0.6 is 43.2 Å². The predicted octanol–water partition coefficient (Wildman–Crippen LogP) is 1.98. The van der Waals surface area contributed by atoms with E-state index in [2.05, 4.69) is 0 Å². The van der Waals surface area contributed by atoms with Crippen molar-refractivity contribution in [2.24, 2.45) is 0 Å². The minimum absolute atomic E-state index is 0.361. The van der Waals surface area contributed by atoms with Gasteiger partial charge < -0.3 is 14.2 Å². The molecule has 0 spiro atoms. The van der Waals surface area contributed by atoms with Gasteiger partial charge in [0, 0.05) is 0 Å². The quantitative estimate of drug-likeness (QED) is 0.544. The average molecular weight is 282 g/mol. The Kier molecular flexibility index (Phi) is 2.66. The average Bonchev–Trinajstić information content (AvgIpc) is 2.95. The summed E-state index contributed by atoms with van der Waals surface area (Å²) < 4.78 is 18.0. The molecule has 4 unspecified atom stereocenters. The van der Waals surface area contributed by atoms with Crippen molar-refractivity contribution >= 4 is 43.2 Å². The van der Waals surface area contributed by atoms with Crippen molar-refractivity contribution < 1.29 is 14.2 Å². The van der Waals surface area contributed by atoms with Gasteiger partial charge in [-0.25, -0.2) is 0 Å². The zero-order valence-corrected chi connectivity index (χ0v) is 11.0. The van der Waals surface area contributed by atoms with Crippen LogP contribution in [0.25, 0.3) is 0 Å². The summed E-state index contributed by atoms with van der Waals surface area (Å²) in [5.74, 6) is 0. The smallest absolute Gasteiger partial charge is 0.110 e. The van der Waals surface area contributed by atoms with Gasteiger partial charge in [-0.1, -0.05) is 43.2 Å². The molecule has 0 aromatic rings. The molecule has 4 aliphatic rings. The number of rotatable bonds is 6. The lowest BCUT2D eigenvalue weighted by molar-refractivity contribution is 0.102. The minimum atomic E-state index is 0.361. The monoisotopic (exact) mass is 282 g/mol. The van der Waals surface area contributed by atoms with Gasteiger partial charge in [0.25, 0.3) is 0 Å². The maximum absolute atomic E-state index is 5.61. The van der Waals surface area contributed by atoms with Gasteiger partial charge >= 0.3 is 0 Å². The number of hydrogen-bond donors (Lipinski definition) is 0. The van der Waals surface area contributed by atoms with Crippen molar-refractivity contribution in [3.63, 3.8) is 0 Å². The van der Waals surface area contributed by atoms with E-state index in [1.54, 1.807) is 0 Å². The Balaban J connectivity index is 1.11. The second kappa shape index (κ2) is 3.90. The SMILES string of the molecule is C(OCC1OC1C1SS1)C1OC1C1SS1. The van der Waals surface area contributed by atoms with E-state index in [4.69, 9.17) is 14.2 Å². The van der Waals surface area contributed by atoms with E-state index < -0.39 is 0 Å². The van der Waals surface area contributed by atoms with Crippen LogP contribution < -0.4 is 0 Å². The Bertz CT molecular complexity index is 245. The molecule has 0 saturated carbocycles. The van der Waals surface area contributed by atoms with Crippen LogP contribution in [0.5, 0.6) is 0 Å². The molecule has 4 fully saturated rings. The first kappa shape index (κ1) is 10.2. The highest BCUT2D eigenvalue weighted by molar-refractivity contribution is 8.93. The normalized spacial score (nSPS) is 48.0. The van der Waals surface area contributed by atoms with E-state index in [-0.39, 0.29) is 0 Å². The molecule has 0 aliphatic carbocycles. The van der Waals surface area contributed by atoms with Crippen LogP contribution in [0, 0.1) is 0 Å². The van der Waals surface area contributed by atoms with Gasteiger partial charge in [-0.15, -0.1) is 0 Å². The summed E-state index contributed by atoms with van der Waals surface area (Å²) >= 11 is 0. The second-order valence-corrected chi connectivity index (χ2v) is 9.64. The summed E-state index contributed by atoms with van der Waals surface area (Å²) in [7, 11) is 7.65. The fraction of sp³-hybridized carbons (Fsp3) is 1.00. The molecule has 4 heterocycles. The van der Waals surface area contributed by atoms with Crippen molar-refractivity contribution in [2.75, 3.05) is 13.2 Å². The molecule has 0 aromatic heterocycles. The van der Waals surface area contributed by atoms with E-state index >= 15 is 0 Å². The highest BCUT2D eigenvalue weighted by atomic mass is 33.2. The van der Waals surface area contributed by atoms with Crippen molar-refractivity contribution in [3.8, 4) is 0 Å². The molecule has 4 aliphatic heterocycles. The van der Waals surface area contributed by atoms with E-state index in [1.807, 2.05) is 43.2 Å². The Morgan fingerprint density at radius 2 is 1.27 bits per heavy atom. The summed E-state index contributed by atoms with van der Waals surface area (Å²) in [6.45, 7) is 1.50. The lowest BCUT2D eigenvalue weighted by Crippen LogP contribution is -2.12. The highest BCUT2D eigenvalue weighted by Gasteiger charge is 2.53. The largest absolute Gasteiger partial charge is 0.376 e. The van der Waals surface area contributed by atoms with Crippen LogP contribution in [0.1, 0.15) is 0 Å². The van der Waals surface area contributed by atoms with E-state index in [9.17, 15) is 0 Å². The third kappa shape index (κ3) is 2.43. The lowest BCUT2D eigenvalue weighted by Gasteiger charge is -1.97. The number of epoxide rings is 2. The summed E-state index contributed by atoms with van der Waals surface area (Å²) in [5, 5.41) is 0. The molecule has 7 heteroatoms. The fourth-order valence-electron chi connectivity index (χ4n) is 1.64. The van der Waals surface area contributed by atoms with Crippen molar-refractivity contribution in [1.29, 1.82) is 0 Å². The van der Waals surface area contributed by atoms with Crippen molar-refractivity contribution in [1.82, 2.24) is 0 Å². The molecular formula is C8H10O3S4. The Labute approximate surface area is 104 Å². The van der Waals surface area contributed by atoms with Gasteiger partial charge in [0.2, 0.25) is 0 Å². The molecule has 0 aromatic carbocycles. The first-order valence-electron chi connectivity index (χ1n) is 4.95. The van der Waals surface area contributed by atoms with Crippen LogP contribution in [0.2, 0.25) is 0 Å². The zero-order valence-electron chi connectivity index (χ0n) is 7.74. The first-order valence-corrected chi connectivity index (χ1v) is 9.50. The third-order valence-corrected chi connectivity index (χ3v) is 7.15. The fourth-order valence-corrected chi connectivity index (χ4v) is 4.87. The molecule has 0 radical (unpaired) electrons.